The number of aryl methyl sites for hydroxylation is 1. The third-order valence-corrected chi connectivity index (χ3v) is 4.93. The Balaban J connectivity index is 1.52. The lowest BCUT2D eigenvalue weighted by molar-refractivity contribution is 0.372. The Bertz CT molecular complexity index is 739. The molecular formula is C20H26ClN5. The summed E-state index contributed by atoms with van der Waals surface area (Å²) in [5.74, 6) is 0.961. The fourth-order valence-corrected chi connectivity index (χ4v) is 3.43. The number of guanidine groups is 1. The predicted molar refractivity (Wildman–Crippen MR) is 109 cm³/mol. The summed E-state index contributed by atoms with van der Waals surface area (Å²) < 4.78 is 0. The van der Waals surface area contributed by atoms with Crippen molar-refractivity contribution in [2.45, 2.75) is 13.3 Å². The van der Waals surface area contributed by atoms with Crippen molar-refractivity contribution >= 4 is 23.2 Å². The minimum Gasteiger partial charge on any atom is -0.368 e. The number of benzene rings is 1. The standard InChI is InChI=1S/C20H26ClN5/c1-16-6-7-17(21)15-19(16)25-11-13-26(14-12-25)20(22-2)24-10-8-18-5-3-4-9-23-18/h3-7,9,15H,8,10-14H2,1-2H3,(H,22,24). The van der Waals surface area contributed by atoms with Crippen LogP contribution in [-0.2, 0) is 6.42 Å². The Hall–Kier alpha value is -2.27. The van der Waals surface area contributed by atoms with E-state index in [9.17, 15) is 0 Å². The summed E-state index contributed by atoms with van der Waals surface area (Å²) in [7, 11) is 1.84. The van der Waals surface area contributed by atoms with Gasteiger partial charge in [0.15, 0.2) is 5.96 Å². The van der Waals surface area contributed by atoms with Gasteiger partial charge in [-0.05, 0) is 36.8 Å². The van der Waals surface area contributed by atoms with E-state index >= 15 is 0 Å². The number of halogens is 1. The molecular weight excluding hydrogens is 346 g/mol. The zero-order valence-electron chi connectivity index (χ0n) is 15.5. The van der Waals surface area contributed by atoms with Crippen molar-refractivity contribution in [2.24, 2.45) is 4.99 Å². The van der Waals surface area contributed by atoms with E-state index in [1.807, 2.05) is 31.4 Å². The van der Waals surface area contributed by atoms with E-state index in [1.165, 1.54) is 11.3 Å². The molecule has 0 aliphatic carbocycles. The van der Waals surface area contributed by atoms with Crippen LogP contribution in [0.15, 0.2) is 47.6 Å². The maximum Gasteiger partial charge on any atom is 0.193 e. The number of rotatable bonds is 4. The van der Waals surface area contributed by atoms with Gasteiger partial charge in [0.05, 0.1) is 0 Å². The topological polar surface area (TPSA) is 43.8 Å². The molecule has 1 N–H and O–H groups in total. The smallest absolute Gasteiger partial charge is 0.193 e. The molecule has 0 unspecified atom stereocenters. The average Bonchev–Trinajstić information content (AvgIpc) is 2.68. The van der Waals surface area contributed by atoms with Crippen molar-refractivity contribution < 1.29 is 0 Å². The van der Waals surface area contributed by atoms with Crippen LogP contribution in [0.4, 0.5) is 5.69 Å². The average molecular weight is 372 g/mol. The zero-order chi connectivity index (χ0) is 18.4. The fourth-order valence-electron chi connectivity index (χ4n) is 3.26. The summed E-state index contributed by atoms with van der Waals surface area (Å²) in [5.41, 5.74) is 3.59. The van der Waals surface area contributed by atoms with Crippen molar-refractivity contribution in [2.75, 3.05) is 44.7 Å². The van der Waals surface area contributed by atoms with Crippen LogP contribution in [0.5, 0.6) is 0 Å². The fraction of sp³-hybridized carbons (Fsp3) is 0.400. The Morgan fingerprint density at radius 2 is 2.00 bits per heavy atom. The number of anilines is 1. The van der Waals surface area contributed by atoms with Gasteiger partial charge in [0.25, 0.3) is 0 Å². The molecule has 2 heterocycles. The lowest BCUT2D eigenvalue weighted by Crippen LogP contribution is -2.53. The summed E-state index contributed by atoms with van der Waals surface area (Å²) in [6.07, 6.45) is 2.72. The molecule has 3 rings (SSSR count). The molecule has 138 valence electrons. The van der Waals surface area contributed by atoms with Gasteiger partial charge >= 0.3 is 0 Å². The van der Waals surface area contributed by atoms with Gasteiger partial charge in [0.1, 0.15) is 0 Å². The number of hydrogen-bond donors (Lipinski definition) is 1. The molecule has 0 radical (unpaired) electrons. The van der Waals surface area contributed by atoms with Crippen LogP contribution < -0.4 is 10.2 Å². The highest BCUT2D eigenvalue weighted by atomic mass is 35.5. The van der Waals surface area contributed by atoms with Crippen LogP contribution >= 0.6 is 11.6 Å². The van der Waals surface area contributed by atoms with Gasteiger partial charge in [-0.1, -0.05) is 23.7 Å². The van der Waals surface area contributed by atoms with Crippen molar-refractivity contribution in [3.63, 3.8) is 0 Å². The molecule has 0 spiro atoms. The molecule has 5 nitrogen and oxygen atoms in total. The molecule has 0 saturated carbocycles. The highest BCUT2D eigenvalue weighted by Crippen LogP contribution is 2.25. The lowest BCUT2D eigenvalue weighted by atomic mass is 10.1. The van der Waals surface area contributed by atoms with E-state index in [-0.39, 0.29) is 0 Å². The number of aliphatic imine (C=N–C) groups is 1. The van der Waals surface area contributed by atoms with E-state index in [0.717, 1.165) is 55.8 Å². The Kier molecular flexibility index (Phi) is 6.34. The Labute approximate surface area is 160 Å². The molecule has 1 aromatic heterocycles. The number of hydrogen-bond acceptors (Lipinski definition) is 3. The SMILES string of the molecule is CN=C(NCCc1ccccn1)N1CCN(c2cc(Cl)ccc2C)CC1. The molecule has 1 aliphatic rings. The minimum absolute atomic E-state index is 0.792. The molecule has 1 aromatic carbocycles. The van der Waals surface area contributed by atoms with Gasteiger partial charge in [0, 0.05) is 68.8 Å². The summed E-state index contributed by atoms with van der Waals surface area (Å²) in [6.45, 7) is 6.77. The van der Waals surface area contributed by atoms with E-state index in [4.69, 9.17) is 11.6 Å². The summed E-state index contributed by atoms with van der Waals surface area (Å²) >= 11 is 6.17. The van der Waals surface area contributed by atoms with E-state index in [0.29, 0.717) is 0 Å². The first-order valence-electron chi connectivity index (χ1n) is 9.04. The van der Waals surface area contributed by atoms with Crippen molar-refractivity contribution in [3.05, 3.63) is 58.9 Å². The molecule has 0 amide bonds. The van der Waals surface area contributed by atoms with Crippen LogP contribution in [0.1, 0.15) is 11.3 Å². The quantitative estimate of drug-likeness (QED) is 0.662. The van der Waals surface area contributed by atoms with Crippen LogP contribution in [-0.4, -0.2) is 55.6 Å². The number of piperazine rings is 1. The molecule has 1 aliphatic heterocycles. The highest BCUT2D eigenvalue weighted by Gasteiger charge is 2.20. The third-order valence-electron chi connectivity index (χ3n) is 4.69. The van der Waals surface area contributed by atoms with Crippen molar-refractivity contribution in [1.29, 1.82) is 0 Å². The molecule has 2 aromatic rings. The normalized spacial score (nSPS) is 15.3. The molecule has 6 heteroatoms. The van der Waals surface area contributed by atoms with Gasteiger partial charge in [-0.25, -0.2) is 0 Å². The number of nitrogens with one attached hydrogen (secondary N) is 1. The summed E-state index contributed by atoms with van der Waals surface area (Å²) in [6, 6.07) is 12.1. The van der Waals surface area contributed by atoms with E-state index < -0.39 is 0 Å². The Morgan fingerprint density at radius 3 is 2.69 bits per heavy atom. The first-order chi connectivity index (χ1) is 12.7. The third kappa shape index (κ3) is 4.67. The van der Waals surface area contributed by atoms with Crippen LogP contribution in [0, 0.1) is 6.92 Å². The van der Waals surface area contributed by atoms with Gasteiger partial charge in [0.2, 0.25) is 0 Å². The molecule has 26 heavy (non-hydrogen) atoms. The Morgan fingerprint density at radius 1 is 1.19 bits per heavy atom. The largest absolute Gasteiger partial charge is 0.368 e. The first-order valence-corrected chi connectivity index (χ1v) is 9.42. The van der Waals surface area contributed by atoms with Gasteiger partial charge in [-0.3, -0.25) is 9.98 Å². The van der Waals surface area contributed by atoms with Gasteiger partial charge in [-0.2, -0.15) is 0 Å². The molecule has 1 saturated heterocycles. The minimum atomic E-state index is 0.792. The number of aromatic nitrogens is 1. The van der Waals surface area contributed by atoms with Gasteiger partial charge in [-0.15, -0.1) is 0 Å². The second-order valence-corrected chi connectivity index (χ2v) is 6.89. The second-order valence-electron chi connectivity index (χ2n) is 6.45. The van der Waals surface area contributed by atoms with E-state index in [1.54, 1.807) is 0 Å². The lowest BCUT2D eigenvalue weighted by Gasteiger charge is -2.38. The zero-order valence-corrected chi connectivity index (χ0v) is 16.2. The van der Waals surface area contributed by atoms with Crippen LogP contribution in [0.3, 0.4) is 0 Å². The number of pyridine rings is 1. The van der Waals surface area contributed by atoms with Crippen LogP contribution in [0.25, 0.3) is 0 Å². The predicted octanol–water partition coefficient (Wildman–Crippen LogP) is 2.98. The molecule has 0 bridgehead atoms. The van der Waals surface area contributed by atoms with Crippen molar-refractivity contribution in [1.82, 2.24) is 15.2 Å². The molecule has 1 fully saturated rings. The maximum absolute atomic E-state index is 6.17. The molecule has 0 atom stereocenters. The number of nitrogens with zero attached hydrogens (tertiary/aromatic N) is 4. The van der Waals surface area contributed by atoms with Gasteiger partial charge < -0.3 is 15.1 Å². The van der Waals surface area contributed by atoms with E-state index in [2.05, 4.69) is 50.2 Å². The maximum atomic E-state index is 6.17. The summed E-state index contributed by atoms with van der Waals surface area (Å²) in [5, 5.41) is 4.25. The monoisotopic (exact) mass is 371 g/mol. The van der Waals surface area contributed by atoms with Crippen LogP contribution in [0.2, 0.25) is 5.02 Å². The van der Waals surface area contributed by atoms with Crippen molar-refractivity contribution in [3.8, 4) is 0 Å². The highest BCUT2D eigenvalue weighted by molar-refractivity contribution is 6.30. The second kappa shape index (κ2) is 8.90. The first kappa shape index (κ1) is 18.5. The summed E-state index contributed by atoms with van der Waals surface area (Å²) in [4.78, 5) is 13.5.